The zero-order valence-corrected chi connectivity index (χ0v) is 24.2. The molecule has 4 rings (SSSR count). The number of carbonyl (C=O) groups is 2. The van der Waals surface area contributed by atoms with E-state index in [4.69, 9.17) is 20.6 Å². The molecule has 0 radical (unpaired) electrons. The molecule has 1 unspecified atom stereocenters. The third-order valence-corrected chi connectivity index (χ3v) is 7.45. The fraction of sp³-hybridized carbons (Fsp3) is 0.600. The number of fused-ring (bicyclic) bond motifs is 1. The molecule has 1 atom stereocenters. The van der Waals surface area contributed by atoms with Crippen LogP contribution in [0.2, 0.25) is 0 Å². The van der Waals surface area contributed by atoms with Gasteiger partial charge in [0, 0.05) is 44.1 Å². The molecule has 0 aromatic carbocycles. The molecule has 11 heteroatoms. The van der Waals surface area contributed by atoms with Crippen molar-refractivity contribution in [3.8, 4) is 0 Å². The summed E-state index contributed by atoms with van der Waals surface area (Å²) in [6.07, 6.45) is 8.67. The first-order valence-corrected chi connectivity index (χ1v) is 14.4. The molecular formula is C30H46F2N6O3. The number of amides is 1. The molecule has 1 saturated heterocycles. The van der Waals surface area contributed by atoms with Crippen LogP contribution < -0.4 is 16.4 Å². The summed E-state index contributed by atoms with van der Waals surface area (Å²) in [5, 5.41) is 13.4. The van der Waals surface area contributed by atoms with E-state index in [2.05, 4.69) is 52.9 Å². The maximum Gasteiger partial charge on any atom is 0.290 e. The Kier molecular flexibility index (Phi) is 14.4. The van der Waals surface area contributed by atoms with Crippen LogP contribution in [0.1, 0.15) is 63.1 Å². The lowest BCUT2D eigenvalue weighted by atomic mass is 9.78. The quantitative estimate of drug-likeness (QED) is 0.184. The molecule has 0 spiro atoms. The number of likely N-dealkylation sites (tertiary alicyclic amines) is 1. The number of piperidine rings is 1. The summed E-state index contributed by atoms with van der Waals surface area (Å²) in [6.45, 7) is 13.5. The average Bonchev–Trinajstić information content (AvgIpc) is 2.96. The van der Waals surface area contributed by atoms with Gasteiger partial charge >= 0.3 is 0 Å². The SMILES string of the molecule is C=C/C(N)=C(\N=C)C1CC(F)(F)C1.CCCNC(=O)C1CCCN(CCCc2ccc3c(n2)NCCC3)C1.O=CO. The molecule has 2 aliphatic heterocycles. The number of nitrogens with two attached hydrogens (primary N) is 1. The topological polar surface area (TPSA) is 133 Å². The summed E-state index contributed by atoms with van der Waals surface area (Å²) in [6, 6.07) is 4.42. The predicted molar refractivity (Wildman–Crippen MR) is 159 cm³/mol. The number of aryl methyl sites for hydroxylation is 2. The lowest BCUT2D eigenvalue weighted by Gasteiger charge is -2.35. The summed E-state index contributed by atoms with van der Waals surface area (Å²) < 4.78 is 25.0. The standard InChI is InChI=1S/C20H32N4O.C9H12F2N2.CH2O2/c1-2-11-22-20(25)17-7-4-13-24(15-17)14-5-8-18-10-9-16-6-3-12-21-19(16)23-18;1-3-7(12)8(13-2)6-4-9(10,11)5-6;2-1-3/h9-10,17H,2-8,11-15H2,1H3,(H,21,23)(H,22,25);3,6H,1-2,4-5,12H2;1H,(H,2,3)/b;8-7+;. The maximum absolute atomic E-state index is 12.5. The number of pyridine rings is 1. The number of hydrogen-bond donors (Lipinski definition) is 4. The lowest BCUT2D eigenvalue weighted by Crippen LogP contribution is -2.43. The van der Waals surface area contributed by atoms with Crippen LogP contribution in [0, 0.1) is 11.8 Å². The van der Waals surface area contributed by atoms with E-state index < -0.39 is 5.92 Å². The predicted octanol–water partition coefficient (Wildman–Crippen LogP) is 4.40. The highest BCUT2D eigenvalue weighted by molar-refractivity contribution is 5.78. The number of rotatable bonds is 10. The highest BCUT2D eigenvalue weighted by Crippen LogP contribution is 2.46. The first-order valence-electron chi connectivity index (χ1n) is 14.4. The van der Waals surface area contributed by atoms with Gasteiger partial charge in [0.05, 0.1) is 17.3 Å². The number of anilines is 1. The van der Waals surface area contributed by atoms with Gasteiger partial charge in [-0.1, -0.05) is 19.6 Å². The second-order valence-corrected chi connectivity index (χ2v) is 10.6. The molecule has 1 saturated carbocycles. The Morgan fingerprint density at radius 1 is 1.34 bits per heavy atom. The number of allylic oxidation sites excluding steroid dienone is 2. The van der Waals surface area contributed by atoms with Gasteiger partial charge in [-0.25, -0.2) is 13.8 Å². The van der Waals surface area contributed by atoms with Crippen molar-refractivity contribution < 1.29 is 23.5 Å². The summed E-state index contributed by atoms with van der Waals surface area (Å²) in [5.74, 6) is -1.30. The highest BCUT2D eigenvalue weighted by atomic mass is 19.3. The van der Waals surface area contributed by atoms with Crippen molar-refractivity contribution in [2.75, 3.05) is 38.0 Å². The van der Waals surface area contributed by atoms with Crippen LogP contribution in [-0.2, 0) is 22.4 Å². The summed E-state index contributed by atoms with van der Waals surface area (Å²) in [5.41, 5.74) is 8.83. The number of hydrogen-bond acceptors (Lipinski definition) is 7. The molecule has 228 valence electrons. The number of carboxylic acid groups (broad SMARTS) is 1. The van der Waals surface area contributed by atoms with Gasteiger partial charge in [0.15, 0.2) is 0 Å². The van der Waals surface area contributed by atoms with Crippen LogP contribution in [0.5, 0.6) is 0 Å². The fourth-order valence-corrected chi connectivity index (χ4v) is 5.27. The van der Waals surface area contributed by atoms with Crippen LogP contribution >= 0.6 is 0 Å². The Morgan fingerprint density at radius 2 is 2.07 bits per heavy atom. The number of aromatic nitrogens is 1. The molecule has 3 aliphatic rings. The van der Waals surface area contributed by atoms with Crippen molar-refractivity contribution in [1.82, 2.24) is 15.2 Å². The Morgan fingerprint density at radius 3 is 2.71 bits per heavy atom. The maximum atomic E-state index is 12.5. The van der Waals surface area contributed by atoms with Gasteiger partial charge in [-0.2, -0.15) is 0 Å². The van der Waals surface area contributed by atoms with Crippen molar-refractivity contribution in [2.24, 2.45) is 22.6 Å². The molecule has 5 N–H and O–H groups in total. The first-order chi connectivity index (χ1) is 19.7. The van der Waals surface area contributed by atoms with Crippen molar-refractivity contribution in [3.05, 3.63) is 47.4 Å². The molecule has 41 heavy (non-hydrogen) atoms. The van der Waals surface area contributed by atoms with Crippen LogP contribution in [-0.4, -0.2) is 72.7 Å². The summed E-state index contributed by atoms with van der Waals surface area (Å²) in [4.78, 5) is 31.4. The van der Waals surface area contributed by atoms with E-state index in [1.807, 2.05) is 0 Å². The minimum absolute atomic E-state index is 0.173. The molecule has 1 aromatic heterocycles. The second kappa shape index (κ2) is 17.5. The van der Waals surface area contributed by atoms with E-state index in [0.717, 1.165) is 77.1 Å². The summed E-state index contributed by atoms with van der Waals surface area (Å²) >= 11 is 0. The average molecular weight is 577 g/mol. The smallest absolute Gasteiger partial charge is 0.290 e. The lowest BCUT2D eigenvalue weighted by molar-refractivity contribution is -0.126. The van der Waals surface area contributed by atoms with Crippen molar-refractivity contribution >= 4 is 24.9 Å². The number of alkyl halides is 2. The minimum Gasteiger partial charge on any atom is -0.483 e. The number of aliphatic imine (C=N–C) groups is 1. The minimum atomic E-state index is -2.55. The van der Waals surface area contributed by atoms with Crippen molar-refractivity contribution in [1.29, 1.82) is 0 Å². The molecule has 1 amide bonds. The molecular weight excluding hydrogens is 530 g/mol. The van der Waals surface area contributed by atoms with Gasteiger partial charge in [0.25, 0.3) is 6.47 Å². The number of halogens is 2. The molecule has 9 nitrogen and oxygen atoms in total. The third kappa shape index (κ3) is 11.2. The first kappa shape index (κ1) is 33.9. The van der Waals surface area contributed by atoms with Crippen molar-refractivity contribution in [2.45, 2.75) is 70.6 Å². The van der Waals surface area contributed by atoms with E-state index in [1.54, 1.807) is 0 Å². The number of carbonyl (C=O) groups excluding carboxylic acids is 1. The van der Waals surface area contributed by atoms with Crippen molar-refractivity contribution in [3.63, 3.8) is 0 Å². The van der Waals surface area contributed by atoms with Crippen LogP contribution in [0.4, 0.5) is 14.6 Å². The van der Waals surface area contributed by atoms with Gasteiger partial charge in [0.1, 0.15) is 5.82 Å². The molecule has 2 fully saturated rings. The molecule has 1 aromatic rings. The van der Waals surface area contributed by atoms with Gasteiger partial charge in [0.2, 0.25) is 11.8 Å². The zero-order chi connectivity index (χ0) is 30.3. The van der Waals surface area contributed by atoms with Gasteiger partial charge in [-0.15, -0.1) is 0 Å². The van der Waals surface area contributed by atoms with E-state index >= 15 is 0 Å². The van der Waals surface area contributed by atoms with E-state index in [9.17, 15) is 13.6 Å². The van der Waals surface area contributed by atoms with E-state index in [-0.39, 0.29) is 37.1 Å². The molecule has 1 aliphatic carbocycles. The van der Waals surface area contributed by atoms with Gasteiger partial charge in [-0.05, 0) is 82.5 Å². The normalized spacial score (nSPS) is 20.1. The monoisotopic (exact) mass is 576 g/mol. The second-order valence-electron chi connectivity index (χ2n) is 10.6. The van der Waals surface area contributed by atoms with Crippen LogP contribution in [0.25, 0.3) is 0 Å². The van der Waals surface area contributed by atoms with E-state index in [1.165, 1.54) is 23.8 Å². The van der Waals surface area contributed by atoms with Crippen LogP contribution in [0.3, 0.4) is 0 Å². The van der Waals surface area contributed by atoms with Gasteiger partial charge in [-0.3, -0.25) is 14.6 Å². The van der Waals surface area contributed by atoms with Gasteiger partial charge < -0.3 is 26.4 Å². The Balaban J connectivity index is 0.000000309. The zero-order valence-electron chi connectivity index (χ0n) is 24.2. The number of nitrogens with one attached hydrogen (secondary N) is 2. The Bertz CT molecular complexity index is 1040. The summed E-state index contributed by atoms with van der Waals surface area (Å²) in [7, 11) is 0. The third-order valence-electron chi connectivity index (χ3n) is 7.45. The highest BCUT2D eigenvalue weighted by Gasteiger charge is 2.47. The number of nitrogens with zero attached hydrogens (tertiary/aromatic N) is 3. The molecule has 3 heterocycles. The molecule has 0 bridgehead atoms. The van der Waals surface area contributed by atoms with Crippen LogP contribution in [0.15, 0.2) is 41.2 Å². The Labute approximate surface area is 242 Å². The Hall–Kier alpha value is -3.34. The fourth-order valence-electron chi connectivity index (χ4n) is 5.27. The van der Waals surface area contributed by atoms with E-state index in [0.29, 0.717) is 11.4 Å². The largest absolute Gasteiger partial charge is 0.483 e.